The molecule has 3 nitrogen and oxygen atoms in total. The lowest BCUT2D eigenvalue weighted by Crippen LogP contribution is -2.33. The highest BCUT2D eigenvalue weighted by Gasteiger charge is 2.26. The van der Waals surface area contributed by atoms with Crippen molar-refractivity contribution in [3.05, 3.63) is 71.7 Å². The van der Waals surface area contributed by atoms with Crippen LogP contribution in [0.4, 0.5) is 4.39 Å². The summed E-state index contributed by atoms with van der Waals surface area (Å²) < 4.78 is 18.9. The van der Waals surface area contributed by atoms with Crippen LogP contribution in [0.1, 0.15) is 41.3 Å². The molecule has 1 amide bonds. The molecule has 1 aliphatic heterocycles. The topological polar surface area (TPSA) is 33.5 Å². The lowest BCUT2D eigenvalue weighted by atomic mass is 9.94. The van der Waals surface area contributed by atoms with E-state index >= 15 is 0 Å². The van der Waals surface area contributed by atoms with Gasteiger partial charge in [0.15, 0.2) is 5.76 Å². The monoisotopic (exact) mass is 337 g/mol. The van der Waals surface area contributed by atoms with Gasteiger partial charge >= 0.3 is 0 Å². The predicted octanol–water partition coefficient (Wildman–Crippen LogP) is 4.98. The first-order valence-corrected chi connectivity index (χ1v) is 8.74. The SMILES string of the molecule is O=C(c1cc2ccccc2o1)N1CCCC[C@@H](c2ccc(F)cc2)C1. The van der Waals surface area contributed by atoms with E-state index in [9.17, 15) is 9.18 Å². The maximum Gasteiger partial charge on any atom is 0.289 e. The highest BCUT2D eigenvalue weighted by Crippen LogP contribution is 2.28. The molecular weight excluding hydrogens is 317 g/mol. The summed E-state index contributed by atoms with van der Waals surface area (Å²) in [6, 6.07) is 16.1. The first-order valence-electron chi connectivity index (χ1n) is 8.74. The lowest BCUT2D eigenvalue weighted by Gasteiger charge is -2.24. The first kappa shape index (κ1) is 15.9. The van der Waals surface area contributed by atoms with Gasteiger partial charge in [0.25, 0.3) is 5.91 Å². The predicted molar refractivity (Wildman–Crippen MR) is 95.1 cm³/mol. The van der Waals surface area contributed by atoms with Crippen LogP contribution in [0.15, 0.2) is 59.0 Å². The van der Waals surface area contributed by atoms with Gasteiger partial charge < -0.3 is 9.32 Å². The van der Waals surface area contributed by atoms with E-state index in [4.69, 9.17) is 4.42 Å². The largest absolute Gasteiger partial charge is 0.451 e. The number of benzene rings is 2. The summed E-state index contributed by atoms with van der Waals surface area (Å²) in [4.78, 5) is 14.8. The zero-order chi connectivity index (χ0) is 17.2. The second kappa shape index (κ2) is 6.71. The molecule has 4 rings (SSSR count). The molecule has 0 bridgehead atoms. The van der Waals surface area contributed by atoms with E-state index in [2.05, 4.69) is 0 Å². The number of nitrogens with zero attached hydrogens (tertiary/aromatic N) is 1. The maximum atomic E-state index is 13.2. The van der Waals surface area contributed by atoms with Gasteiger partial charge in [-0.3, -0.25) is 4.79 Å². The highest BCUT2D eigenvalue weighted by molar-refractivity contribution is 5.96. The number of rotatable bonds is 2. The molecular formula is C21H20FNO2. The molecule has 0 saturated carbocycles. The molecule has 0 spiro atoms. The Hall–Kier alpha value is -2.62. The van der Waals surface area contributed by atoms with Gasteiger partial charge in [-0.2, -0.15) is 0 Å². The number of amides is 1. The normalized spacial score (nSPS) is 18.3. The van der Waals surface area contributed by atoms with Gasteiger partial charge in [-0.15, -0.1) is 0 Å². The molecule has 0 aliphatic carbocycles. The van der Waals surface area contributed by atoms with Gasteiger partial charge in [0.05, 0.1) is 0 Å². The molecule has 2 aromatic carbocycles. The molecule has 128 valence electrons. The Kier molecular flexibility index (Phi) is 4.26. The number of fused-ring (bicyclic) bond motifs is 1. The molecule has 1 aromatic heterocycles. The zero-order valence-electron chi connectivity index (χ0n) is 14.0. The lowest BCUT2D eigenvalue weighted by molar-refractivity contribution is 0.0725. The summed E-state index contributed by atoms with van der Waals surface area (Å²) in [7, 11) is 0. The van der Waals surface area contributed by atoms with Gasteiger partial charge in [-0.1, -0.05) is 36.8 Å². The van der Waals surface area contributed by atoms with E-state index in [1.54, 1.807) is 0 Å². The number of para-hydroxylation sites is 1. The standard InChI is InChI=1S/C21H20FNO2/c22-18-10-8-15(9-11-18)17-6-3-4-12-23(14-17)21(24)20-13-16-5-1-2-7-19(16)25-20/h1-2,5,7-11,13,17H,3-4,6,12,14H2/t17-/m1/s1. The molecule has 2 heterocycles. The Balaban J connectivity index is 1.57. The van der Waals surface area contributed by atoms with Gasteiger partial charge in [0, 0.05) is 24.4 Å². The van der Waals surface area contributed by atoms with Crippen molar-refractivity contribution < 1.29 is 13.6 Å². The van der Waals surface area contributed by atoms with Gasteiger partial charge in [-0.25, -0.2) is 4.39 Å². The third-order valence-corrected chi connectivity index (χ3v) is 4.94. The maximum absolute atomic E-state index is 13.2. The summed E-state index contributed by atoms with van der Waals surface area (Å²) in [6.07, 6.45) is 3.05. The van der Waals surface area contributed by atoms with E-state index in [0.29, 0.717) is 12.3 Å². The average molecular weight is 337 g/mol. The number of hydrogen-bond acceptors (Lipinski definition) is 2. The van der Waals surface area contributed by atoms with Crippen LogP contribution in [0.25, 0.3) is 11.0 Å². The quantitative estimate of drug-likeness (QED) is 0.661. The van der Waals surface area contributed by atoms with E-state index in [1.165, 1.54) is 12.1 Å². The van der Waals surface area contributed by atoms with Crippen molar-refractivity contribution in [1.29, 1.82) is 0 Å². The summed E-state index contributed by atoms with van der Waals surface area (Å²) >= 11 is 0. The average Bonchev–Trinajstić information content (AvgIpc) is 2.92. The van der Waals surface area contributed by atoms with Gasteiger partial charge in [0.2, 0.25) is 0 Å². The van der Waals surface area contributed by atoms with E-state index in [0.717, 1.165) is 42.3 Å². The second-order valence-corrected chi connectivity index (χ2v) is 6.64. The number of carbonyl (C=O) groups excluding carboxylic acids is 1. The van der Waals surface area contributed by atoms with E-state index < -0.39 is 0 Å². The highest BCUT2D eigenvalue weighted by atomic mass is 19.1. The van der Waals surface area contributed by atoms with Crippen molar-refractivity contribution in [2.24, 2.45) is 0 Å². The smallest absolute Gasteiger partial charge is 0.289 e. The molecule has 0 radical (unpaired) electrons. The van der Waals surface area contributed by atoms with Gasteiger partial charge in [-0.05, 0) is 42.7 Å². The van der Waals surface area contributed by atoms with Crippen LogP contribution in [0, 0.1) is 5.82 Å². The molecule has 4 heteroatoms. The minimum Gasteiger partial charge on any atom is -0.451 e. The first-order chi connectivity index (χ1) is 12.2. The molecule has 25 heavy (non-hydrogen) atoms. The van der Waals surface area contributed by atoms with Crippen molar-refractivity contribution in [3.63, 3.8) is 0 Å². The molecule has 1 saturated heterocycles. The number of halogens is 1. The van der Waals surface area contributed by atoms with Crippen LogP contribution >= 0.6 is 0 Å². The Morgan fingerprint density at radius 3 is 2.68 bits per heavy atom. The van der Waals surface area contributed by atoms with Crippen LogP contribution in [-0.2, 0) is 0 Å². The minimum absolute atomic E-state index is 0.0646. The molecule has 0 unspecified atom stereocenters. The summed E-state index contributed by atoms with van der Waals surface area (Å²) in [5.74, 6) is 0.329. The van der Waals surface area contributed by atoms with Crippen LogP contribution in [0.3, 0.4) is 0 Å². The van der Waals surface area contributed by atoms with E-state index in [-0.39, 0.29) is 17.6 Å². The zero-order valence-corrected chi connectivity index (χ0v) is 14.0. The summed E-state index contributed by atoms with van der Waals surface area (Å²) in [6.45, 7) is 1.37. The van der Waals surface area contributed by atoms with Crippen molar-refractivity contribution in [1.82, 2.24) is 4.90 Å². The van der Waals surface area contributed by atoms with Gasteiger partial charge in [0.1, 0.15) is 11.4 Å². The van der Waals surface area contributed by atoms with Crippen molar-refractivity contribution in [3.8, 4) is 0 Å². The second-order valence-electron chi connectivity index (χ2n) is 6.64. The molecule has 1 atom stereocenters. The van der Waals surface area contributed by atoms with Crippen LogP contribution in [0.5, 0.6) is 0 Å². The Morgan fingerprint density at radius 2 is 1.88 bits per heavy atom. The van der Waals surface area contributed by atoms with E-state index in [1.807, 2.05) is 47.4 Å². The fourth-order valence-corrected chi connectivity index (χ4v) is 3.58. The molecule has 1 aliphatic rings. The van der Waals surface area contributed by atoms with Crippen molar-refractivity contribution in [2.45, 2.75) is 25.2 Å². The third kappa shape index (κ3) is 3.29. The van der Waals surface area contributed by atoms with Crippen LogP contribution < -0.4 is 0 Å². The van der Waals surface area contributed by atoms with Crippen molar-refractivity contribution in [2.75, 3.05) is 13.1 Å². The molecule has 1 fully saturated rings. The number of furan rings is 1. The van der Waals surface area contributed by atoms with Crippen molar-refractivity contribution >= 4 is 16.9 Å². The third-order valence-electron chi connectivity index (χ3n) is 4.94. The molecule has 0 N–H and O–H groups in total. The number of carbonyl (C=O) groups is 1. The summed E-state index contributed by atoms with van der Waals surface area (Å²) in [5, 5.41) is 0.941. The van der Waals surface area contributed by atoms with Crippen LogP contribution in [0.2, 0.25) is 0 Å². The Bertz CT molecular complexity index is 851. The van der Waals surface area contributed by atoms with Crippen LogP contribution in [-0.4, -0.2) is 23.9 Å². The Morgan fingerprint density at radius 1 is 1.08 bits per heavy atom. The minimum atomic E-state index is -0.229. The number of likely N-dealkylation sites (tertiary alicyclic amines) is 1. The molecule has 3 aromatic rings. The number of hydrogen-bond donors (Lipinski definition) is 0. The summed E-state index contributed by atoms with van der Waals surface area (Å²) in [5.41, 5.74) is 1.82. The fourth-order valence-electron chi connectivity index (χ4n) is 3.58. The Labute approximate surface area is 146 Å². The fraction of sp³-hybridized carbons (Fsp3) is 0.286.